The molecule has 1 N–H and O–H groups in total. The quantitative estimate of drug-likeness (QED) is 0.463. The fourth-order valence-corrected chi connectivity index (χ4v) is 4.16. The van der Waals surface area contributed by atoms with Gasteiger partial charge in [0.05, 0.1) is 11.0 Å². The van der Waals surface area contributed by atoms with Gasteiger partial charge in [-0.15, -0.1) is 0 Å². The molecule has 2 atom stereocenters. The molecule has 0 fully saturated rings. The number of sulfonamides is 1. The predicted octanol–water partition coefficient (Wildman–Crippen LogP) is 2.44. The first-order valence-corrected chi connectivity index (χ1v) is 9.75. The van der Waals surface area contributed by atoms with Gasteiger partial charge in [0, 0.05) is 19.2 Å². The summed E-state index contributed by atoms with van der Waals surface area (Å²) in [5, 5.41) is 13.8. The molecule has 0 radical (unpaired) electrons. The van der Waals surface area contributed by atoms with Crippen LogP contribution in [0.1, 0.15) is 27.2 Å². The lowest BCUT2D eigenvalue weighted by Gasteiger charge is -2.24. The zero-order valence-electron chi connectivity index (χ0n) is 15.6. The maximum absolute atomic E-state index is 12.8. The molecule has 0 bridgehead atoms. The highest BCUT2D eigenvalue weighted by molar-refractivity contribution is 7.89. The van der Waals surface area contributed by atoms with Crippen molar-refractivity contribution in [1.82, 2.24) is 9.62 Å². The molecule has 0 saturated heterocycles. The molecular formula is C17H23N3O6S. The third-order valence-corrected chi connectivity index (χ3v) is 5.88. The van der Waals surface area contributed by atoms with E-state index >= 15 is 0 Å². The number of nitro groups is 1. The van der Waals surface area contributed by atoms with E-state index < -0.39 is 44.4 Å². The van der Waals surface area contributed by atoms with Crippen LogP contribution in [-0.4, -0.2) is 48.5 Å². The summed E-state index contributed by atoms with van der Waals surface area (Å²) in [4.78, 5) is 21.9. The number of benzene rings is 1. The van der Waals surface area contributed by atoms with Crippen LogP contribution >= 0.6 is 0 Å². The van der Waals surface area contributed by atoms with Gasteiger partial charge in [-0.25, -0.2) is 13.2 Å². The summed E-state index contributed by atoms with van der Waals surface area (Å²) in [6.45, 7) is 5.23. The molecule has 0 unspecified atom stereocenters. The first-order valence-electron chi connectivity index (χ1n) is 8.31. The van der Waals surface area contributed by atoms with Crippen LogP contribution in [0.3, 0.4) is 0 Å². The van der Waals surface area contributed by atoms with Crippen molar-refractivity contribution in [2.75, 3.05) is 7.05 Å². The van der Waals surface area contributed by atoms with E-state index in [9.17, 15) is 23.3 Å². The maximum atomic E-state index is 12.8. The number of nitrogens with zero attached hydrogens (tertiary/aromatic N) is 2. The number of amides is 1. The molecule has 1 aliphatic rings. The molecule has 0 aliphatic heterocycles. The SMILES string of the molecule is CN([C@@H]1C=C[C@H](NC(=O)OC(C)(C)C)C1)S(=O)(=O)c1ccccc1[N+](=O)[O-]. The number of nitro benzene ring substituents is 1. The molecule has 10 heteroatoms. The van der Waals surface area contributed by atoms with E-state index in [-0.39, 0.29) is 4.90 Å². The maximum Gasteiger partial charge on any atom is 0.408 e. The molecule has 148 valence electrons. The number of para-hydroxylation sites is 1. The largest absolute Gasteiger partial charge is 0.444 e. The number of hydrogen-bond donors (Lipinski definition) is 1. The van der Waals surface area contributed by atoms with Crippen molar-refractivity contribution in [2.45, 2.75) is 49.8 Å². The van der Waals surface area contributed by atoms with Gasteiger partial charge < -0.3 is 10.1 Å². The summed E-state index contributed by atoms with van der Waals surface area (Å²) < 4.78 is 31.9. The molecular weight excluding hydrogens is 374 g/mol. The van der Waals surface area contributed by atoms with E-state index in [4.69, 9.17) is 4.74 Å². The molecule has 1 aromatic carbocycles. The van der Waals surface area contributed by atoms with E-state index in [1.165, 1.54) is 25.2 Å². The Morgan fingerprint density at radius 2 is 1.93 bits per heavy atom. The highest BCUT2D eigenvalue weighted by atomic mass is 32.2. The molecule has 0 spiro atoms. The van der Waals surface area contributed by atoms with Crippen molar-refractivity contribution in [2.24, 2.45) is 0 Å². The van der Waals surface area contributed by atoms with E-state index in [1.807, 2.05) is 0 Å². The van der Waals surface area contributed by atoms with Gasteiger partial charge in [-0.3, -0.25) is 10.1 Å². The second-order valence-corrected chi connectivity index (χ2v) is 9.15. The van der Waals surface area contributed by atoms with Gasteiger partial charge in [0.25, 0.3) is 5.69 Å². The van der Waals surface area contributed by atoms with Crippen LogP contribution in [0.25, 0.3) is 0 Å². The van der Waals surface area contributed by atoms with Crippen molar-refractivity contribution in [3.05, 3.63) is 46.5 Å². The Balaban J connectivity index is 2.11. The second-order valence-electron chi connectivity index (χ2n) is 7.19. The van der Waals surface area contributed by atoms with Crippen LogP contribution in [0, 0.1) is 10.1 Å². The lowest BCUT2D eigenvalue weighted by Crippen LogP contribution is -2.41. The number of nitrogens with one attached hydrogen (secondary N) is 1. The van der Waals surface area contributed by atoms with Gasteiger partial charge in [0.1, 0.15) is 5.60 Å². The minimum absolute atomic E-state index is 0.301. The third kappa shape index (κ3) is 5.04. The number of hydrogen-bond acceptors (Lipinski definition) is 6. The van der Waals surface area contributed by atoms with Gasteiger partial charge in [-0.05, 0) is 33.3 Å². The van der Waals surface area contributed by atoms with Crippen LogP contribution in [0.5, 0.6) is 0 Å². The van der Waals surface area contributed by atoms with E-state index in [0.717, 1.165) is 10.4 Å². The predicted molar refractivity (Wildman–Crippen MR) is 98.7 cm³/mol. The molecule has 1 aromatic rings. The van der Waals surface area contributed by atoms with Crippen molar-refractivity contribution in [1.29, 1.82) is 0 Å². The Kier molecular flexibility index (Phi) is 5.91. The Morgan fingerprint density at radius 1 is 1.30 bits per heavy atom. The molecule has 1 aliphatic carbocycles. The van der Waals surface area contributed by atoms with Crippen molar-refractivity contribution >= 4 is 21.8 Å². The minimum Gasteiger partial charge on any atom is -0.444 e. The molecule has 27 heavy (non-hydrogen) atoms. The van der Waals surface area contributed by atoms with Crippen LogP contribution in [-0.2, 0) is 14.8 Å². The van der Waals surface area contributed by atoms with Gasteiger partial charge >= 0.3 is 6.09 Å². The molecule has 2 rings (SSSR count). The first kappa shape index (κ1) is 20.8. The molecule has 1 amide bonds. The number of likely N-dealkylation sites (N-methyl/N-ethyl adjacent to an activating group) is 1. The first-order chi connectivity index (χ1) is 12.4. The zero-order chi connectivity index (χ0) is 20.4. The highest BCUT2D eigenvalue weighted by Crippen LogP contribution is 2.29. The van der Waals surface area contributed by atoms with Gasteiger partial charge in [-0.2, -0.15) is 4.31 Å². The number of rotatable bonds is 5. The van der Waals surface area contributed by atoms with Crippen molar-refractivity contribution in [3.8, 4) is 0 Å². The molecule has 9 nitrogen and oxygen atoms in total. The van der Waals surface area contributed by atoms with Crippen molar-refractivity contribution in [3.63, 3.8) is 0 Å². The Morgan fingerprint density at radius 3 is 2.52 bits per heavy atom. The van der Waals surface area contributed by atoms with Crippen LogP contribution < -0.4 is 5.32 Å². The number of carbonyl (C=O) groups is 1. The van der Waals surface area contributed by atoms with E-state index in [0.29, 0.717) is 6.42 Å². The Bertz CT molecular complexity index is 860. The van der Waals surface area contributed by atoms with Gasteiger partial charge in [0.2, 0.25) is 10.0 Å². The summed E-state index contributed by atoms with van der Waals surface area (Å²) in [7, 11) is -2.72. The average molecular weight is 397 g/mol. The van der Waals surface area contributed by atoms with Gasteiger partial charge in [0.15, 0.2) is 4.90 Å². The lowest BCUT2D eigenvalue weighted by molar-refractivity contribution is -0.387. The normalized spacial score (nSPS) is 19.9. The number of carbonyl (C=O) groups excluding carboxylic acids is 1. The van der Waals surface area contributed by atoms with E-state index in [2.05, 4.69) is 5.32 Å². The summed E-state index contributed by atoms with van der Waals surface area (Å²) in [6, 6.07) is 4.26. The average Bonchev–Trinajstić information content (AvgIpc) is 3.00. The fraction of sp³-hybridized carbons (Fsp3) is 0.471. The molecule has 0 aromatic heterocycles. The fourth-order valence-electron chi connectivity index (χ4n) is 2.67. The topological polar surface area (TPSA) is 119 Å². The molecule has 0 saturated carbocycles. The van der Waals surface area contributed by atoms with E-state index in [1.54, 1.807) is 32.9 Å². The number of alkyl carbamates (subject to hydrolysis) is 1. The monoisotopic (exact) mass is 397 g/mol. The third-order valence-electron chi connectivity index (χ3n) is 3.95. The smallest absolute Gasteiger partial charge is 0.408 e. The summed E-state index contributed by atoms with van der Waals surface area (Å²) >= 11 is 0. The Labute approximate surface area is 158 Å². The van der Waals surface area contributed by atoms with Crippen LogP contribution in [0.15, 0.2) is 41.3 Å². The minimum atomic E-state index is -4.08. The second kappa shape index (κ2) is 7.65. The van der Waals surface area contributed by atoms with Crippen LogP contribution in [0.2, 0.25) is 0 Å². The highest BCUT2D eigenvalue weighted by Gasteiger charge is 2.35. The van der Waals surface area contributed by atoms with Crippen molar-refractivity contribution < 1.29 is 22.9 Å². The molecule has 0 heterocycles. The summed E-state index contributed by atoms with van der Waals surface area (Å²) in [5.74, 6) is 0. The lowest BCUT2D eigenvalue weighted by atomic mass is 10.2. The summed E-state index contributed by atoms with van der Waals surface area (Å²) in [5.41, 5.74) is -1.12. The standard InChI is InChI=1S/C17H23N3O6S/c1-17(2,3)26-16(21)18-12-9-10-13(11-12)19(4)27(24,25)15-8-6-5-7-14(15)20(22)23/h5-10,12-13H,11H2,1-4H3,(H,18,21)/t12-,13+/m0/s1. The van der Waals surface area contributed by atoms with Gasteiger partial charge in [-0.1, -0.05) is 24.3 Å². The number of ether oxygens (including phenoxy) is 1. The summed E-state index contributed by atoms with van der Waals surface area (Å²) in [6.07, 6.45) is 3.03. The zero-order valence-corrected chi connectivity index (χ0v) is 16.4. The van der Waals surface area contributed by atoms with Crippen LogP contribution in [0.4, 0.5) is 10.5 Å². The Hall–Kier alpha value is -2.46.